The van der Waals surface area contributed by atoms with Crippen molar-refractivity contribution in [3.63, 3.8) is 0 Å². The van der Waals surface area contributed by atoms with Crippen molar-refractivity contribution >= 4 is 5.97 Å². The predicted molar refractivity (Wildman–Crippen MR) is 71.7 cm³/mol. The Morgan fingerprint density at radius 2 is 1.95 bits per heavy atom. The van der Waals surface area contributed by atoms with E-state index in [0.717, 1.165) is 25.3 Å². The number of halogens is 2. The van der Waals surface area contributed by atoms with Gasteiger partial charge < -0.3 is 5.11 Å². The highest BCUT2D eigenvalue weighted by Crippen LogP contribution is 2.27. The Morgan fingerprint density at radius 3 is 2.71 bits per heavy atom. The molecule has 1 aliphatic rings. The Morgan fingerprint density at radius 1 is 1.19 bits per heavy atom. The Balaban J connectivity index is 2.23. The minimum atomic E-state index is -1.14. The third-order valence-electron chi connectivity index (χ3n) is 3.79. The molecule has 2 aromatic rings. The summed E-state index contributed by atoms with van der Waals surface area (Å²) < 4.78 is 28.6. The molecule has 110 valence electrons. The fraction of sp³-hybridized carbons (Fsp3) is 0.333. The van der Waals surface area contributed by atoms with Crippen molar-refractivity contribution in [2.75, 3.05) is 0 Å². The van der Waals surface area contributed by atoms with Gasteiger partial charge >= 0.3 is 5.97 Å². The molecule has 0 atom stereocenters. The van der Waals surface area contributed by atoms with Gasteiger partial charge in [-0.3, -0.25) is 0 Å². The number of carbonyl (C=O) groups is 1. The van der Waals surface area contributed by atoms with E-state index < -0.39 is 17.6 Å². The van der Waals surface area contributed by atoms with Gasteiger partial charge in [-0.2, -0.15) is 5.10 Å². The SMILES string of the molecule is O=C(O)c1nn(-c2cccc(F)c2F)c2c1CCCCC2. The molecule has 0 amide bonds. The Hall–Kier alpha value is -2.24. The molecule has 1 N–H and O–H groups in total. The van der Waals surface area contributed by atoms with Crippen LogP contribution in [-0.2, 0) is 12.8 Å². The molecular weight excluding hydrogens is 278 g/mol. The van der Waals surface area contributed by atoms with E-state index in [2.05, 4.69) is 5.10 Å². The molecular formula is C15H14F2N2O2. The lowest BCUT2D eigenvalue weighted by molar-refractivity contribution is 0.0688. The van der Waals surface area contributed by atoms with Crippen LogP contribution in [0.5, 0.6) is 0 Å². The summed E-state index contributed by atoms with van der Waals surface area (Å²) in [7, 11) is 0. The third-order valence-corrected chi connectivity index (χ3v) is 3.79. The van der Waals surface area contributed by atoms with Crippen LogP contribution < -0.4 is 0 Å². The van der Waals surface area contributed by atoms with Crippen LogP contribution >= 0.6 is 0 Å². The van der Waals surface area contributed by atoms with E-state index >= 15 is 0 Å². The lowest BCUT2D eigenvalue weighted by Gasteiger charge is -2.08. The van der Waals surface area contributed by atoms with E-state index in [1.165, 1.54) is 16.8 Å². The summed E-state index contributed by atoms with van der Waals surface area (Å²) in [6.45, 7) is 0. The van der Waals surface area contributed by atoms with Crippen LogP contribution in [0.1, 0.15) is 41.0 Å². The molecule has 0 aliphatic heterocycles. The highest BCUT2D eigenvalue weighted by atomic mass is 19.2. The monoisotopic (exact) mass is 292 g/mol. The molecule has 0 radical (unpaired) electrons. The van der Waals surface area contributed by atoms with Gasteiger partial charge in [0.15, 0.2) is 17.3 Å². The van der Waals surface area contributed by atoms with E-state index in [4.69, 9.17) is 0 Å². The van der Waals surface area contributed by atoms with E-state index in [1.54, 1.807) is 0 Å². The number of hydrogen-bond acceptors (Lipinski definition) is 2. The predicted octanol–water partition coefficient (Wildman–Crippen LogP) is 3.12. The third kappa shape index (κ3) is 2.30. The minimum absolute atomic E-state index is 0.0411. The fourth-order valence-corrected chi connectivity index (χ4v) is 2.80. The molecule has 3 rings (SSSR count). The van der Waals surface area contributed by atoms with Crippen LogP contribution in [0.2, 0.25) is 0 Å². The first-order valence-electron chi connectivity index (χ1n) is 6.88. The first-order chi connectivity index (χ1) is 10.1. The molecule has 1 heterocycles. The molecule has 1 aromatic heterocycles. The van der Waals surface area contributed by atoms with E-state index in [0.29, 0.717) is 24.1 Å². The van der Waals surface area contributed by atoms with Crippen molar-refractivity contribution in [3.8, 4) is 5.69 Å². The van der Waals surface area contributed by atoms with Crippen molar-refractivity contribution in [2.45, 2.75) is 32.1 Å². The molecule has 6 heteroatoms. The number of carboxylic acids is 1. The lowest BCUT2D eigenvalue weighted by atomic mass is 10.1. The van der Waals surface area contributed by atoms with E-state index in [9.17, 15) is 18.7 Å². The Labute approximate surface area is 120 Å². The van der Waals surface area contributed by atoms with E-state index in [1.807, 2.05) is 0 Å². The number of benzene rings is 1. The van der Waals surface area contributed by atoms with Gasteiger partial charge in [0, 0.05) is 11.3 Å². The first kappa shape index (κ1) is 13.7. The quantitative estimate of drug-likeness (QED) is 0.865. The largest absolute Gasteiger partial charge is 0.476 e. The van der Waals surface area contributed by atoms with Crippen LogP contribution in [0.15, 0.2) is 18.2 Å². The zero-order valence-corrected chi connectivity index (χ0v) is 11.3. The number of rotatable bonds is 2. The summed E-state index contributed by atoms with van der Waals surface area (Å²) in [6.07, 6.45) is 3.97. The summed E-state index contributed by atoms with van der Waals surface area (Å²) in [5.74, 6) is -3.12. The second kappa shape index (κ2) is 5.27. The van der Waals surface area contributed by atoms with Gasteiger partial charge in [-0.25, -0.2) is 18.3 Å². The average Bonchev–Trinajstić information content (AvgIpc) is 2.65. The summed E-state index contributed by atoms with van der Waals surface area (Å²) >= 11 is 0. The lowest BCUT2D eigenvalue weighted by Crippen LogP contribution is -2.07. The van der Waals surface area contributed by atoms with Gasteiger partial charge in [-0.1, -0.05) is 12.5 Å². The molecule has 0 saturated carbocycles. The smallest absolute Gasteiger partial charge is 0.356 e. The average molecular weight is 292 g/mol. The van der Waals surface area contributed by atoms with Gasteiger partial charge in [0.2, 0.25) is 0 Å². The normalized spacial score (nSPS) is 14.6. The minimum Gasteiger partial charge on any atom is -0.476 e. The highest BCUT2D eigenvalue weighted by Gasteiger charge is 2.25. The van der Waals surface area contributed by atoms with Crippen LogP contribution in [0.25, 0.3) is 5.69 Å². The molecule has 0 fully saturated rings. The van der Waals surface area contributed by atoms with Crippen LogP contribution in [-0.4, -0.2) is 20.9 Å². The van der Waals surface area contributed by atoms with Gasteiger partial charge in [0.1, 0.15) is 5.69 Å². The van der Waals surface area contributed by atoms with Crippen molar-refractivity contribution in [3.05, 3.63) is 46.8 Å². The molecule has 1 aromatic carbocycles. The summed E-state index contributed by atoms with van der Waals surface area (Å²) in [6, 6.07) is 3.82. The molecule has 0 saturated heterocycles. The van der Waals surface area contributed by atoms with Crippen molar-refractivity contribution in [1.82, 2.24) is 9.78 Å². The number of nitrogens with zero attached hydrogens (tertiary/aromatic N) is 2. The van der Waals surface area contributed by atoms with Crippen LogP contribution in [0.3, 0.4) is 0 Å². The number of carboxylic acid groups (broad SMARTS) is 1. The van der Waals surface area contributed by atoms with Gasteiger partial charge in [0.05, 0.1) is 0 Å². The molecule has 0 unspecified atom stereocenters. The van der Waals surface area contributed by atoms with E-state index in [-0.39, 0.29) is 11.4 Å². The van der Waals surface area contributed by atoms with Crippen molar-refractivity contribution < 1.29 is 18.7 Å². The maximum Gasteiger partial charge on any atom is 0.356 e. The molecule has 0 bridgehead atoms. The number of fused-ring (bicyclic) bond motifs is 1. The molecule has 4 nitrogen and oxygen atoms in total. The van der Waals surface area contributed by atoms with Gasteiger partial charge in [-0.15, -0.1) is 0 Å². The Bertz CT molecular complexity index is 710. The zero-order chi connectivity index (χ0) is 15.0. The second-order valence-corrected chi connectivity index (χ2v) is 5.12. The molecule has 0 spiro atoms. The molecule has 21 heavy (non-hydrogen) atoms. The standard InChI is InChI=1S/C15H14F2N2O2/c16-10-6-4-8-12(13(10)17)19-11-7-3-1-2-5-9(11)14(18-19)15(20)21/h4,6,8H,1-3,5,7H2,(H,20,21). The van der Waals surface area contributed by atoms with Crippen molar-refractivity contribution in [1.29, 1.82) is 0 Å². The maximum absolute atomic E-state index is 14.0. The van der Waals surface area contributed by atoms with Crippen LogP contribution in [0, 0.1) is 11.6 Å². The number of aromatic nitrogens is 2. The highest BCUT2D eigenvalue weighted by molar-refractivity contribution is 5.87. The van der Waals surface area contributed by atoms with Crippen LogP contribution in [0.4, 0.5) is 8.78 Å². The summed E-state index contributed by atoms with van der Waals surface area (Å²) in [5.41, 5.74) is 1.22. The Kier molecular flexibility index (Phi) is 3.45. The topological polar surface area (TPSA) is 55.1 Å². The van der Waals surface area contributed by atoms with Crippen molar-refractivity contribution in [2.24, 2.45) is 0 Å². The first-order valence-corrected chi connectivity index (χ1v) is 6.88. The summed E-state index contributed by atoms with van der Waals surface area (Å²) in [4.78, 5) is 11.3. The second-order valence-electron chi connectivity index (χ2n) is 5.12. The van der Waals surface area contributed by atoms with Gasteiger partial charge in [-0.05, 0) is 37.8 Å². The number of aromatic carboxylic acids is 1. The summed E-state index contributed by atoms with van der Waals surface area (Å²) in [5, 5.41) is 13.3. The van der Waals surface area contributed by atoms with Gasteiger partial charge in [0.25, 0.3) is 0 Å². The number of hydrogen-bond donors (Lipinski definition) is 1. The molecule has 1 aliphatic carbocycles. The fourth-order valence-electron chi connectivity index (χ4n) is 2.80. The maximum atomic E-state index is 14.0. The zero-order valence-electron chi connectivity index (χ0n) is 11.3.